The lowest BCUT2D eigenvalue weighted by molar-refractivity contribution is 0.162. The lowest BCUT2D eigenvalue weighted by atomic mass is 10.4. The topological polar surface area (TPSA) is 36.7 Å². The van der Waals surface area contributed by atoms with Crippen molar-refractivity contribution in [2.24, 2.45) is 0 Å². The third-order valence-corrected chi connectivity index (χ3v) is 2.33. The van der Waals surface area contributed by atoms with Crippen LogP contribution in [0, 0.1) is 0 Å². The molecule has 0 aliphatic carbocycles. The van der Waals surface area contributed by atoms with Crippen molar-refractivity contribution in [2.45, 2.75) is 20.4 Å². The standard InChI is InChI=1S/C11H18N2O2/c1-4-13(5-2)11(14)12(3)9-10-7-6-8-15-10/h6-8H,4-5,9H2,1-3H3. The molecular weight excluding hydrogens is 192 g/mol. The molecule has 0 fully saturated rings. The van der Waals surface area contributed by atoms with Crippen LogP contribution in [0.2, 0.25) is 0 Å². The zero-order valence-corrected chi connectivity index (χ0v) is 9.56. The highest BCUT2D eigenvalue weighted by Gasteiger charge is 2.15. The van der Waals surface area contributed by atoms with Crippen LogP contribution in [0.15, 0.2) is 22.8 Å². The molecule has 0 saturated heterocycles. The molecule has 0 atom stereocenters. The van der Waals surface area contributed by atoms with E-state index in [1.54, 1.807) is 23.1 Å². The van der Waals surface area contributed by atoms with Gasteiger partial charge in [0.1, 0.15) is 5.76 Å². The summed E-state index contributed by atoms with van der Waals surface area (Å²) in [5.74, 6) is 0.804. The second-order valence-corrected chi connectivity index (χ2v) is 3.39. The maximum Gasteiger partial charge on any atom is 0.320 e. The average Bonchev–Trinajstić information content (AvgIpc) is 2.72. The fourth-order valence-corrected chi connectivity index (χ4v) is 1.44. The molecule has 0 bridgehead atoms. The van der Waals surface area contributed by atoms with Crippen molar-refractivity contribution >= 4 is 6.03 Å². The Labute approximate surface area is 90.5 Å². The van der Waals surface area contributed by atoms with E-state index in [-0.39, 0.29) is 6.03 Å². The number of carbonyl (C=O) groups is 1. The van der Waals surface area contributed by atoms with Gasteiger partial charge in [-0.1, -0.05) is 0 Å². The first-order valence-electron chi connectivity index (χ1n) is 5.21. The lowest BCUT2D eigenvalue weighted by Gasteiger charge is -2.25. The Kier molecular flexibility index (Phi) is 4.21. The molecule has 1 aromatic rings. The molecule has 0 radical (unpaired) electrons. The summed E-state index contributed by atoms with van der Waals surface area (Å²) < 4.78 is 5.19. The fourth-order valence-electron chi connectivity index (χ4n) is 1.44. The molecular formula is C11H18N2O2. The predicted octanol–water partition coefficient (Wildman–Crippen LogP) is 2.17. The number of urea groups is 1. The van der Waals surface area contributed by atoms with Crippen LogP contribution in [0.5, 0.6) is 0 Å². The van der Waals surface area contributed by atoms with Gasteiger partial charge in [0.25, 0.3) is 0 Å². The van der Waals surface area contributed by atoms with Gasteiger partial charge in [0.2, 0.25) is 0 Å². The van der Waals surface area contributed by atoms with Gasteiger partial charge in [0.05, 0.1) is 12.8 Å². The lowest BCUT2D eigenvalue weighted by Crippen LogP contribution is -2.40. The van der Waals surface area contributed by atoms with E-state index < -0.39 is 0 Å². The van der Waals surface area contributed by atoms with Gasteiger partial charge in [-0.15, -0.1) is 0 Å². The fraction of sp³-hybridized carbons (Fsp3) is 0.545. The highest BCUT2D eigenvalue weighted by atomic mass is 16.3. The van der Waals surface area contributed by atoms with Crippen molar-refractivity contribution in [3.63, 3.8) is 0 Å². The molecule has 4 heteroatoms. The first-order valence-corrected chi connectivity index (χ1v) is 5.21. The van der Waals surface area contributed by atoms with Crippen LogP contribution in [0.25, 0.3) is 0 Å². The van der Waals surface area contributed by atoms with Crippen LogP contribution < -0.4 is 0 Å². The molecule has 0 aliphatic rings. The predicted molar refractivity (Wildman–Crippen MR) is 58.5 cm³/mol. The second kappa shape index (κ2) is 5.44. The summed E-state index contributed by atoms with van der Waals surface area (Å²) in [4.78, 5) is 15.3. The Bertz CT molecular complexity index is 292. The average molecular weight is 210 g/mol. The normalized spacial score (nSPS) is 10.1. The minimum atomic E-state index is 0.0383. The first kappa shape index (κ1) is 11.6. The van der Waals surface area contributed by atoms with Gasteiger partial charge in [0, 0.05) is 20.1 Å². The molecule has 0 aromatic carbocycles. The quantitative estimate of drug-likeness (QED) is 0.763. The molecule has 2 amide bonds. The molecule has 1 rings (SSSR count). The van der Waals surface area contributed by atoms with Crippen LogP contribution in [0.1, 0.15) is 19.6 Å². The maximum atomic E-state index is 11.8. The molecule has 1 aromatic heterocycles. The monoisotopic (exact) mass is 210 g/mol. The molecule has 15 heavy (non-hydrogen) atoms. The summed E-state index contributed by atoms with van der Waals surface area (Å²) >= 11 is 0. The Morgan fingerprint density at radius 1 is 1.40 bits per heavy atom. The molecule has 1 heterocycles. The zero-order chi connectivity index (χ0) is 11.3. The van der Waals surface area contributed by atoms with Crippen molar-refractivity contribution in [3.8, 4) is 0 Å². The van der Waals surface area contributed by atoms with Crippen molar-refractivity contribution in [3.05, 3.63) is 24.2 Å². The van der Waals surface area contributed by atoms with E-state index in [4.69, 9.17) is 4.42 Å². The Morgan fingerprint density at radius 3 is 2.53 bits per heavy atom. The smallest absolute Gasteiger partial charge is 0.320 e. The minimum Gasteiger partial charge on any atom is -0.467 e. The Morgan fingerprint density at radius 2 is 2.07 bits per heavy atom. The van der Waals surface area contributed by atoms with E-state index in [9.17, 15) is 4.79 Å². The van der Waals surface area contributed by atoms with Gasteiger partial charge in [0.15, 0.2) is 0 Å². The molecule has 0 unspecified atom stereocenters. The molecule has 0 spiro atoms. The summed E-state index contributed by atoms with van der Waals surface area (Å²) in [5.41, 5.74) is 0. The van der Waals surface area contributed by atoms with Crippen LogP contribution >= 0.6 is 0 Å². The minimum absolute atomic E-state index is 0.0383. The summed E-state index contributed by atoms with van der Waals surface area (Å²) in [6, 6.07) is 3.73. The Balaban J connectivity index is 2.53. The number of furan rings is 1. The third-order valence-electron chi connectivity index (χ3n) is 2.33. The zero-order valence-electron chi connectivity index (χ0n) is 9.56. The van der Waals surface area contributed by atoms with E-state index in [0.717, 1.165) is 18.8 Å². The molecule has 0 aliphatic heterocycles. The molecule has 84 valence electrons. The van der Waals surface area contributed by atoms with Crippen molar-refractivity contribution in [1.82, 2.24) is 9.80 Å². The van der Waals surface area contributed by atoms with Crippen molar-refractivity contribution in [2.75, 3.05) is 20.1 Å². The molecule has 4 nitrogen and oxygen atoms in total. The summed E-state index contributed by atoms with van der Waals surface area (Å²) in [6.45, 7) is 5.93. The summed E-state index contributed by atoms with van der Waals surface area (Å²) in [5, 5.41) is 0. The van der Waals surface area contributed by atoms with Gasteiger partial charge in [-0.25, -0.2) is 4.79 Å². The number of nitrogens with zero attached hydrogens (tertiary/aromatic N) is 2. The second-order valence-electron chi connectivity index (χ2n) is 3.39. The number of hydrogen-bond donors (Lipinski definition) is 0. The molecule has 0 N–H and O–H groups in total. The van der Waals surface area contributed by atoms with Crippen molar-refractivity contribution in [1.29, 1.82) is 0 Å². The van der Waals surface area contributed by atoms with E-state index in [2.05, 4.69) is 0 Å². The first-order chi connectivity index (χ1) is 7.19. The number of hydrogen-bond acceptors (Lipinski definition) is 2. The van der Waals surface area contributed by atoms with E-state index >= 15 is 0 Å². The van der Waals surface area contributed by atoms with E-state index in [1.807, 2.05) is 26.0 Å². The van der Waals surface area contributed by atoms with Gasteiger partial charge in [-0.05, 0) is 26.0 Å². The molecule has 0 saturated carbocycles. The third kappa shape index (κ3) is 3.01. The van der Waals surface area contributed by atoms with Crippen LogP contribution in [-0.4, -0.2) is 36.0 Å². The summed E-state index contributed by atoms with van der Waals surface area (Å²) in [6.07, 6.45) is 1.62. The highest BCUT2D eigenvalue weighted by Crippen LogP contribution is 2.06. The van der Waals surface area contributed by atoms with Gasteiger partial charge in [-0.2, -0.15) is 0 Å². The van der Waals surface area contributed by atoms with Crippen LogP contribution in [0.4, 0.5) is 4.79 Å². The highest BCUT2D eigenvalue weighted by molar-refractivity contribution is 5.73. The maximum absolute atomic E-state index is 11.8. The largest absolute Gasteiger partial charge is 0.467 e. The van der Waals surface area contributed by atoms with Gasteiger partial charge in [-0.3, -0.25) is 0 Å². The number of rotatable bonds is 4. The number of carbonyl (C=O) groups excluding carboxylic acids is 1. The van der Waals surface area contributed by atoms with Crippen LogP contribution in [-0.2, 0) is 6.54 Å². The summed E-state index contributed by atoms with van der Waals surface area (Å²) in [7, 11) is 1.78. The van der Waals surface area contributed by atoms with Crippen LogP contribution in [0.3, 0.4) is 0 Å². The Hall–Kier alpha value is -1.45. The number of amides is 2. The van der Waals surface area contributed by atoms with Crippen molar-refractivity contribution < 1.29 is 9.21 Å². The van der Waals surface area contributed by atoms with Gasteiger partial charge < -0.3 is 14.2 Å². The van der Waals surface area contributed by atoms with E-state index in [1.165, 1.54) is 0 Å². The van der Waals surface area contributed by atoms with E-state index in [0.29, 0.717) is 6.54 Å². The van der Waals surface area contributed by atoms with Gasteiger partial charge >= 0.3 is 6.03 Å². The SMILES string of the molecule is CCN(CC)C(=O)N(C)Cc1ccco1.